The second-order valence-corrected chi connectivity index (χ2v) is 10.9. The van der Waals surface area contributed by atoms with Gasteiger partial charge in [-0.25, -0.2) is 9.07 Å². The van der Waals surface area contributed by atoms with Crippen molar-refractivity contribution in [1.82, 2.24) is 20.4 Å². The topological polar surface area (TPSA) is 76.0 Å². The summed E-state index contributed by atoms with van der Waals surface area (Å²) in [6, 6.07) is 21.9. The van der Waals surface area contributed by atoms with Crippen molar-refractivity contribution in [1.29, 1.82) is 0 Å². The number of amides is 2. The van der Waals surface area contributed by atoms with E-state index in [1.54, 1.807) is 12.1 Å². The first-order valence-corrected chi connectivity index (χ1v) is 14.0. The molecule has 6 nitrogen and oxygen atoms in total. The fourth-order valence-corrected chi connectivity index (χ4v) is 5.97. The largest absolute Gasteiger partial charge is 0.350 e. The molecule has 2 aliphatic rings. The second-order valence-electron chi connectivity index (χ2n) is 10.9. The fraction of sp³-hybridized carbons (Fsp3) is 0.344. The van der Waals surface area contributed by atoms with Crippen molar-refractivity contribution in [3.63, 3.8) is 0 Å². The van der Waals surface area contributed by atoms with E-state index in [1.165, 1.54) is 37.1 Å². The molecule has 0 unspecified atom stereocenters. The van der Waals surface area contributed by atoms with Gasteiger partial charge < -0.3 is 10.6 Å². The Morgan fingerprint density at radius 2 is 1.67 bits per heavy atom. The van der Waals surface area contributed by atoms with Crippen LogP contribution in [0.4, 0.5) is 4.39 Å². The molecule has 3 aromatic carbocycles. The molecule has 1 heterocycles. The van der Waals surface area contributed by atoms with Gasteiger partial charge in [-0.2, -0.15) is 5.10 Å². The summed E-state index contributed by atoms with van der Waals surface area (Å²) in [5.74, 6) is -0.363. The molecule has 2 saturated carbocycles. The lowest BCUT2D eigenvalue weighted by atomic mass is 9.75. The van der Waals surface area contributed by atoms with Crippen molar-refractivity contribution in [3.8, 4) is 5.69 Å². The number of halogens is 1. The van der Waals surface area contributed by atoms with E-state index >= 15 is 0 Å². The minimum absolute atomic E-state index is 0.208. The maximum Gasteiger partial charge on any atom is 0.252 e. The van der Waals surface area contributed by atoms with E-state index in [1.807, 2.05) is 36.4 Å². The van der Waals surface area contributed by atoms with E-state index < -0.39 is 5.54 Å². The third-order valence-electron chi connectivity index (χ3n) is 8.33. The molecule has 0 saturated heterocycles. The van der Waals surface area contributed by atoms with Gasteiger partial charge in [-0.3, -0.25) is 9.59 Å². The number of carbonyl (C=O) groups excluding carboxylic acids is 2. The molecule has 4 aromatic rings. The SMILES string of the molecule is O=C(NC1(C(=O)NCc2ccc(F)cc2)CCC1)c1ccc2c(C3CCCCC3)n(-c3ccccc3)nc2c1. The second kappa shape index (κ2) is 10.6. The predicted octanol–water partition coefficient (Wildman–Crippen LogP) is 6.18. The van der Waals surface area contributed by atoms with E-state index in [4.69, 9.17) is 5.10 Å². The molecule has 1 aromatic heterocycles. The summed E-state index contributed by atoms with van der Waals surface area (Å²) in [5, 5.41) is 12.0. The first-order chi connectivity index (χ1) is 19.0. The maximum absolute atomic E-state index is 13.4. The number of hydrogen-bond acceptors (Lipinski definition) is 3. The monoisotopic (exact) mass is 524 g/mol. The Bertz CT molecular complexity index is 1490. The zero-order valence-corrected chi connectivity index (χ0v) is 22.0. The zero-order chi connectivity index (χ0) is 26.8. The number of aromatic nitrogens is 2. The summed E-state index contributed by atoms with van der Waals surface area (Å²) in [7, 11) is 0. The summed E-state index contributed by atoms with van der Waals surface area (Å²) < 4.78 is 15.3. The van der Waals surface area contributed by atoms with Crippen LogP contribution >= 0.6 is 0 Å². The van der Waals surface area contributed by atoms with Gasteiger partial charge in [0.15, 0.2) is 0 Å². The van der Waals surface area contributed by atoms with E-state index in [9.17, 15) is 14.0 Å². The molecular formula is C32H33FN4O2. The van der Waals surface area contributed by atoms with Crippen molar-refractivity contribution in [3.05, 3.63) is 95.4 Å². The van der Waals surface area contributed by atoms with Crippen LogP contribution in [-0.2, 0) is 11.3 Å². The van der Waals surface area contributed by atoms with Gasteiger partial charge in [-0.15, -0.1) is 0 Å². The highest BCUT2D eigenvalue weighted by atomic mass is 19.1. The van der Waals surface area contributed by atoms with Crippen molar-refractivity contribution >= 4 is 22.7 Å². The molecule has 200 valence electrons. The van der Waals surface area contributed by atoms with Crippen LogP contribution in [0.15, 0.2) is 72.8 Å². The number of carbonyl (C=O) groups is 2. The van der Waals surface area contributed by atoms with Crippen LogP contribution in [0.2, 0.25) is 0 Å². The van der Waals surface area contributed by atoms with Crippen LogP contribution in [0, 0.1) is 5.82 Å². The van der Waals surface area contributed by atoms with Crippen LogP contribution in [0.3, 0.4) is 0 Å². The number of benzene rings is 3. The summed E-state index contributed by atoms with van der Waals surface area (Å²) >= 11 is 0. The Hall–Kier alpha value is -4.00. The highest BCUT2D eigenvalue weighted by Crippen LogP contribution is 2.38. The third kappa shape index (κ3) is 5.05. The first-order valence-electron chi connectivity index (χ1n) is 14.0. The Labute approximate surface area is 227 Å². The number of nitrogens with zero attached hydrogens (tertiary/aromatic N) is 2. The fourth-order valence-electron chi connectivity index (χ4n) is 5.97. The van der Waals surface area contributed by atoms with Crippen LogP contribution in [-0.4, -0.2) is 27.1 Å². The van der Waals surface area contributed by atoms with Crippen molar-refractivity contribution in [2.24, 2.45) is 0 Å². The summed E-state index contributed by atoms with van der Waals surface area (Å²) in [6.07, 6.45) is 8.05. The molecule has 2 aliphatic carbocycles. The van der Waals surface area contributed by atoms with Crippen LogP contribution in [0.5, 0.6) is 0 Å². The molecule has 0 spiro atoms. The van der Waals surface area contributed by atoms with E-state index in [0.717, 1.165) is 41.4 Å². The molecule has 39 heavy (non-hydrogen) atoms. The normalized spacial score (nSPS) is 16.9. The molecule has 6 rings (SSSR count). The molecule has 0 aliphatic heterocycles. The Morgan fingerprint density at radius 1 is 0.923 bits per heavy atom. The summed E-state index contributed by atoms with van der Waals surface area (Å²) in [6.45, 7) is 0.281. The van der Waals surface area contributed by atoms with Crippen LogP contribution in [0.1, 0.15) is 78.9 Å². The van der Waals surface area contributed by atoms with Crippen LogP contribution in [0.25, 0.3) is 16.6 Å². The summed E-state index contributed by atoms with van der Waals surface area (Å²) in [4.78, 5) is 26.5. The van der Waals surface area contributed by atoms with Gasteiger partial charge in [-0.1, -0.05) is 55.7 Å². The molecule has 7 heteroatoms. The molecular weight excluding hydrogens is 491 g/mol. The number of nitrogens with one attached hydrogen (secondary N) is 2. The average molecular weight is 525 g/mol. The molecule has 2 fully saturated rings. The van der Waals surface area contributed by atoms with Crippen molar-refractivity contribution < 1.29 is 14.0 Å². The number of rotatable bonds is 7. The molecule has 0 atom stereocenters. The lowest BCUT2D eigenvalue weighted by Crippen LogP contribution is -2.62. The number of fused-ring (bicyclic) bond motifs is 1. The van der Waals surface area contributed by atoms with Crippen molar-refractivity contribution in [2.45, 2.75) is 69.4 Å². The standard InChI is InChI=1S/C32H33FN4O2/c33-25-15-12-22(13-16-25)21-34-31(39)32(18-7-19-32)35-30(38)24-14-17-27-28(20-24)36-37(26-10-5-2-6-11-26)29(27)23-8-3-1-4-9-23/h2,5-6,10-17,20,23H,1,3-4,7-9,18-19,21H2,(H,34,39)(H,35,38). The quantitative estimate of drug-likeness (QED) is 0.303. The van der Waals surface area contributed by atoms with E-state index in [2.05, 4.69) is 27.4 Å². The van der Waals surface area contributed by atoms with E-state index in [0.29, 0.717) is 24.3 Å². The van der Waals surface area contributed by atoms with Gasteiger partial charge in [0.05, 0.1) is 16.9 Å². The Balaban J connectivity index is 1.24. The third-order valence-corrected chi connectivity index (χ3v) is 8.33. The smallest absolute Gasteiger partial charge is 0.252 e. The minimum atomic E-state index is -0.928. The lowest BCUT2D eigenvalue weighted by molar-refractivity contribution is -0.130. The summed E-state index contributed by atoms with van der Waals surface area (Å²) in [5.41, 5.74) is 3.40. The Kier molecular flexibility index (Phi) is 6.90. The van der Waals surface area contributed by atoms with Crippen molar-refractivity contribution in [2.75, 3.05) is 0 Å². The van der Waals surface area contributed by atoms with E-state index in [-0.39, 0.29) is 24.2 Å². The lowest BCUT2D eigenvalue weighted by Gasteiger charge is -2.40. The zero-order valence-electron chi connectivity index (χ0n) is 22.0. The minimum Gasteiger partial charge on any atom is -0.350 e. The van der Waals surface area contributed by atoms with Crippen LogP contribution < -0.4 is 10.6 Å². The molecule has 2 amide bonds. The number of hydrogen-bond donors (Lipinski definition) is 2. The van der Waals surface area contributed by atoms with Gasteiger partial charge in [-0.05, 0) is 74.1 Å². The highest BCUT2D eigenvalue weighted by molar-refractivity contribution is 6.02. The maximum atomic E-state index is 13.4. The highest BCUT2D eigenvalue weighted by Gasteiger charge is 2.45. The number of para-hydroxylation sites is 1. The molecule has 0 bridgehead atoms. The van der Waals surface area contributed by atoms with Gasteiger partial charge in [0, 0.05) is 23.4 Å². The van der Waals surface area contributed by atoms with Gasteiger partial charge in [0.1, 0.15) is 11.4 Å². The van der Waals surface area contributed by atoms with Gasteiger partial charge >= 0.3 is 0 Å². The first kappa shape index (κ1) is 25.3. The molecule has 0 radical (unpaired) electrons. The molecule has 2 N–H and O–H groups in total. The Morgan fingerprint density at radius 3 is 2.36 bits per heavy atom. The average Bonchev–Trinajstić information content (AvgIpc) is 3.34. The predicted molar refractivity (Wildman–Crippen MR) is 149 cm³/mol. The van der Waals surface area contributed by atoms with Gasteiger partial charge in [0.25, 0.3) is 5.91 Å². The van der Waals surface area contributed by atoms with Gasteiger partial charge in [0.2, 0.25) is 5.91 Å².